The van der Waals surface area contributed by atoms with E-state index in [-0.39, 0.29) is 11.5 Å². The lowest BCUT2D eigenvalue weighted by molar-refractivity contribution is -0.120. The molecule has 0 radical (unpaired) electrons. The van der Waals surface area contributed by atoms with E-state index in [1.807, 2.05) is 45.0 Å². The molecule has 1 rings (SSSR count). The Morgan fingerprint density at radius 2 is 1.84 bits per heavy atom. The van der Waals surface area contributed by atoms with Crippen LogP contribution in [0.1, 0.15) is 26.3 Å². The highest BCUT2D eigenvalue weighted by molar-refractivity contribution is 5.78. The van der Waals surface area contributed by atoms with Crippen LogP contribution in [-0.2, 0) is 16.0 Å². The van der Waals surface area contributed by atoms with Gasteiger partial charge in [-0.2, -0.15) is 0 Å². The molecule has 0 aliphatic carbocycles. The number of methoxy groups -OCH3 is 1. The normalized spacial score (nSPS) is 11.2. The zero-order valence-electron chi connectivity index (χ0n) is 12.2. The molecule has 0 atom stereocenters. The fraction of sp³-hybridized carbons (Fsp3) is 0.533. The minimum Gasteiger partial charge on any atom is -0.488 e. The van der Waals surface area contributed by atoms with E-state index in [0.29, 0.717) is 19.6 Å². The Morgan fingerprint density at radius 1 is 1.21 bits per heavy atom. The predicted molar refractivity (Wildman–Crippen MR) is 75.4 cm³/mol. The molecule has 106 valence electrons. The van der Waals surface area contributed by atoms with Gasteiger partial charge in [0.1, 0.15) is 11.4 Å². The van der Waals surface area contributed by atoms with Gasteiger partial charge in [0.15, 0.2) is 0 Å². The Hall–Kier alpha value is -1.55. The Bertz CT molecular complexity index is 393. The zero-order chi connectivity index (χ0) is 14.3. The number of ether oxygens (including phenoxy) is 2. The van der Waals surface area contributed by atoms with Gasteiger partial charge in [0, 0.05) is 13.7 Å². The van der Waals surface area contributed by atoms with E-state index < -0.39 is 0 Å². The fourth-order valence-electron chi connectivity index (χ4n) is 1.57. The van der Waals surface area contributed by atoms with E-state index in [1.54, 1.807) is 7.11 Å². The lowest BCUT2D eigenvalue weighted by atomic mass is 10.1. The molecule has 0 aliphatic heterocycles. The Morgan fingerprint density at radius 3 is 2.37 bits per heavy atom. The van der Waals surface area contributed by atoms with Crippen LogP contribution in [0.4, 0.5) is 0 Å². The molecule has 1 aromatic rings. The SMILES string of the molecule is COCCNC(=O)Cc1ccc(OC(C)(C)C)cc1. The van der Waals surface area contributed by atoms with E-state index in [0.717, 1.165) is 11.3 Å². The van der Waals surface area contributed by atoms with Crippen molar-refractivity contribution >= 4 is 5.91 Å². The maximum absolute atomic E-state index is 11.6. The van der Waals surface area contributed by atoms with Gasteiger partial charge in [0.2, 0.25) is 5.91 Å². The summed E-state index contributed by atoms with van der Waals surface area (Å²) >= 11 is 0. The molecule has 0 unspecified atom stereocenters. The van der Waals surface area contributed by atoms with E-state index >= 15 is 0 Å². The third-order valence-electron chi connectivity index (χ3n) is 2.34. The van der Waals surface area contributed by atoms with Crippen molar-refractivity contribution in [1.29, 1.82) is 0 Å². The summed E-state index contributed by atoms with van der Waals surface area (Å²) in [6.45, 7) is 7.09. The van der Waals surface area contributed by atoms with Crippen LogP contribution in [0.5, 0.6) is 5.75 Å². The molecule has 19 heavy (non-hydrogen) atoms. The average Bonchev–Trinajstić information content (AvgIpc) is 2.30. The number of hydrogen-bond donors (Lipinski definition) is 1. The van der Waals surface area contributed by atoms with Gasteiger partial charge in [-0.25, -0.2) is 0 Å². The van der Waals surface area contributed by atoms with Crippen LogP contribution < -0.4 is 10.1 Å². The number of amides is 1. The van der Waals surface area contributed by atoms with Gasteiger partial charge in [-0.3, -0.25) is 4.79 Å². The third-order valence-corrected chi connectivity index (χ3v) is 2.34. The number of hydrogen-bond acceptors (Lipinski definition) is 3. The highest BCUT2D eigenvalue weighted by Crippen LogP contribution is 2.18. The van der Waals surface area contributed by atoms with Crippen LogP contribution in [0.2, 0.25) is 0 Å². The number of benzene rings is 1. The number of carbonyl (C=O) groups excluding carboxylic acids is 1. The molecule has 1 aromatic carbocycles. The summed E-state index contributed by atoms with van der Waals surface area (Å²) in [5.74, 6) is 0.817. The first kappa shape index (κ1) is 15.5. The van der Waals surface area contributed by atoms with Crippen LogP contribution in [-0.4, -0.2) is 31.8 Å². The van der Waals surface area contributed by atoms with Crippen molar-refractivity contribution in [1.82, 2.24) is 5.32 Å². The Balaban J connectivity index is 2.46. The fourth-order valence-corrected chi connectivity index (χ4v) is 1.57. The van der Waals surface area contributed by atoms with E-state index in [1.165, 1.54) is 0 Å². The van der Waals surface area contributed by atoms with Crippen molar-refractivity contribution in [2.24, 2.45) is 0 Å². The molecule has 0 fully saturated rings. The van der Waals surface area contributed by atoms with Gasteiger partial charge in [0.25, 0.3) is 0 Å². The lowest BCUT2D eigenvalue weighted by Crippen LogP contribution is -2.28. The quantitative estimate of drug-likeness (QED) is 0.802. The summed E-state index contributed by atoms with van der Waals surface area (Å²) in [5, 5.41) is 2.79. The van der Waals surface area contributed by atoms with Gasteiger partial charge >= 0.3 is 0 Å². The molecule has 1 N–H and O–H groups in total. The van der Waals surface area contributed by atoms with Crippen molar-refractivity contribution in [3.63, 3.8) is 0 Å². The molecule has 0 aromatic heterocycles. The van der Waals surface area contributed by atoms with Crippen LogP contribution in [0, 0.1) is 0 Å². The molecule has 0 spiro atoms. The molecule has 0 bridgehead atoms. The van der Waals surface area contributed by atoms with Crippen molar-refractivity contribution < 1.29 is 14.3 Å². The van der Waals surface area contributed by atoms with Crippen LogP contribution in [0.15, 0.2) is 24.3 Å². The van der Waals surface area contributed by atoms with Crippen molar-refractivity contribution in [2.75, 3.05) is 20.3 Å². The molecule has 4 nitrogen and oxygen atoms in total. The highest BCUT2D eigenvalue weighted by atomic mass is 16.5. The second-order valence-electron chi connectivity index (χ2n) is 5.38. The van der Waals surface area contributed by atoms with Gasteiger partial charge in [0.05, 0.1) is 13.0 Å². The molecule has 1 amide bonds. The molecule has 0 heterocycles. The summed E-state index contributed by atoms with van der Waals surface area (Å²) in [4.78, 5) is 11.6. The maximum atomic E-state index is 11.6. The van der Waals surface area contributed by atoms with Crippen molar-refractivity contribution in [2.45, 2.75) is 32.8 Å². The summed E-state index contributed by atoms with van der Waals surface area (Å²) in [7, 11) is 1.61. The van der Waals surface area contributed by atoms with Crippen LogP contribution in [0.25, 0.3) is 0 Å². The topological polar surface area (TPSA) is 47.6 Å². The average molecular weight is 265 g/mol. The van der Waals surface area contributed by atoms with Crippen LogP contribution in [0.3, 0.4) is 0 Å². The van der Waals surface area contributed by atoms with E-state index in [9.17, 15) is 4.79 Å². The standard InChI is InChI=1S/C15H23NO3/c1-15(2,3)19-13-7-5-12(6-8-13)11-14(17)16-9-10-18-4/h5-8H,9-11H2,1-4H3,(H,16,17). The molecule has 0 saturated heterocycles. The summed E-state index contributed by atoms with van der Waals surface area (Å²) in [6.07, 6.45) is 0.375. The minimum atomic E-state index is -0.209. The van der Waals surface area contributed by atoms with Gasteiger partial charge in [-0.05, 0) is 38.5 Å². The minimum absolute atomic E-state index is 0.00143. The smallest absolute Gasteiger partial charge is 0.224 e. The first-order chi connectivity index (χ1) is 8.90. The summed E-state index contributed by atoms with van der Waals surface area (Å²) < 4.78 is 10.6. The molecule has 4 heteroatoms. The Labute approximate surface area is 115 Å². The first-order valence-electron chi connectivity index (χ1n) is 6.44. The summed E-state index contributed by atoms with van der Waals surface area (Å²) in [5.41, 5.74) is 0.759. The van der Waals surface area contributed by atoms with Gasteiger partial charge < -0.3 is 14.8 Å². The van der Waals surface area contributed by atoms with Gasteiger partial charge in [-0.15, -0.1) is 0 Å². The molecular weight excluding hydrogens is 242 g/mol. The van der Waals surface area contributed by atoms with Crippen LogP contribution >= 0.6 is 0 Å². The van der Waals surface area contributed by atoms with E-state index in [4.69, 9.17) is 9.47 Å². The third kappa shape index (κ3) is 6.82. The van der Waals surface area contributed by atoms with E-state index in [2.05, 4.69) is 5.32 Å². The Kier molecular flexibility index (Phi) is 5.83. The number of nitrogens with one attached hydrogen (secondary N) is 1. The second-order valence-corrected chi connectivity index (χ2v) is 5.38. The second kappa shape index (κ2) is 7.14. The molecule has 0 saturated carbocycles. The highest BCUT2D eigenvalue weighted by Gasteiger charge is 2.11. The molecular formula is C15H23NO3. The number of carbonyl (C=O) groups is 1. The monoisotopic (exact) mass is 265 g/mol. The predicted octanol–water partition coefficient (Wildman–Crippen LogP) is 2.17. The number of rotatable bonds is 6. The molecule has 0 aliphatic rings. The maximum Gasteiger partial charge on any atom is 0.224 e. The zero-order valence-corrected chi connectivity index (χ0v) is 12.2. The largest absolute Gasteiger partial charge is 0.488 e. The van der Waals surface area contributed by atoms with Gasteiger partial charge in [-0.1, -0.05) is 12.1 Å². The first-order valence-corrected chi connectivity index (χ1v) is 6.44. The summed E-state index contributed by atoms with van der Waals surface area (Å²) in [6, 6.07) is 7.61. The van der Waals surface area contributed by atoms with Crippen molar-refractivity contribution in [3.8, 4) is 5.75 Å². The lowest BCUT2D eigenvalue weighted by Gasteiger charge is -2.21. The van der Waals surface area contributed by atoms with Crippen molar-refractivity contribution in [3.05, 3.63) is 29.8 Å².